The zero-order chi connectivity index (χ0) is 16.7. The van der Waals surface area contributed by atoms with E-state index in [1.807, 2.05) is 0 Å². The van der Waals surface area contributed by atoms with Crippen LogP contribution in [0.25, 0.3) is 11.3 Å². The minimum Gasteiger partial charge on any atom is -0.479 e. The number of carboxylic acid groups (broad SMARTS) is 1. The first-order valence-corrected chi connectivity index (χ1v) is 7.87. The van der Waals surface area contributed by atoms with Crippen molar-refractivity contribution in [2.75, 3.05) is 0 Å². The lowest BCUT2D eigenvalue weighted by atomic mass is 9.64. The molecule has 122 valence electrons. The molecule has 6 nitrogen and oxygen atoms in total. The Kier molecular flexibility index (Phi) is 3.70. The standard InChI is InChI=1S/C17H22N4O2/c1-12-6-16(2,3)10-17(7-12,15(22)23)21-9-13(8-20-21)14-4-5-18-11-19-14/h4-5,8-9,11-12H,6-7,10H2,1-3H3,(H,22,23)/t12-,17?/m1/s1. The monoisotopic (exact) mass is 314 g/mol. The molecule has 23 heavy (non-hydrogen) atoms. The third-order valence-electron chi connectivity index (χ3n) is 4.66. The number of hydrogen-bond acceptors (Lipinski definition) is 4. The van der Waals surface area contributed by atoms with E-state index in [1.165, 1.54) is 6.33 Å². The number of aliphatic carboxylic acids is 1. The molecule has 2 aromatic heterocycles. The van der Waals surface area contributed by atoms with Crippen LogP contribution >= 0.6 is 0 Å². The van der Waals surface area contributed by atoms with Crippen molar-refractivity contribution in [3.05, 3.63) is 31.0 Å². The van der Waals surface area contributed by atoms with Gasteiger partial charge in [0, 0.05) is 18.0 Å². The van der Waals surface area contributed by atoms with Crippen LogP contribution in [0.4, 0.5) is 0 Å². The molecule has 0 spiro atoms. The molecule has 0 radical (unpaired) electrons. The van der Waals surface area contributed by atoms with Crippen LogP contribution in [-0.4, -0.2) is 30.8 Å². The van der Waals surface area contributed by atoms with Crippen LogP contribution in [0.5, 0.6) is 0 Å². The van der Waals surface area contributed by atoms with Crippen LogP contribution in [-0.2, 0) is 10.3 Å². The molecule has 1 saturated carbocycles. The third-order valence-corrected chi connectivity index (χ3v) is 4.66. The van der Waals surface area contributed by atoms with Gasteiger partial charge < -0.3 is 5.11 Å². The molecule has 1 aliphatic rings. The summed E-state index contributed by atoms with van der Waals surface area (Å²) >= 11 is 0. The molecule has 1 fully saturated rings. The zero-order valence-electron chi connectivity index (χ0n) is 13.7. The van der Waals surface area contributed by atoms with Gasteiger partial charge in [-0.3, -0.25) is 4.68 Å². The second-order valence-electron chi connectivity index (χ2n) is 7.46. The van der Waals surface area contributed by atoms with Crippen molar-refractivity contribution in [3.8, 4) is 11.3 Å². The van der Waals surface area contributed by atoms with E-state index in [9.17, 15) is 9.90 Å². The molecule has 1 N–H and O–H groups in total. The number of rotatable bonds is 3. The molecule has 2 aromatic rings. The summed E-state index contributed by atoms with van der Waals surface area (Å²) in [6.45, 7) is 6.39. The first-order chi connectivity index (χ1) is 10.8. The van der Waals surface area contributed by atoms with Crippen molar-refractivity contribution in [2.45, 2.75) is 45.6 Å². The molecule has 3 rings (SSSR count). The van der Waals surface area contributed by atoms with Crippen molar-refractivity contribution in [2.24, 2.45) is 11.3 Å². The van der Waals surface area contributed by atoms with E-state index in [-0.39, 0.29) is 5.41 Å². The first kappa shape index (κ1) is 15.6. The minimum absolute atomic E-state index is 0.0307. The summed E-state index contributed by atoms with van der Waals surface area (Å²) in [7, 11) is 0. The van der Waals surface area contributed by atoms with Crippen molar-refractivity contribution in [1.82, 2.24) is 19.7 Å². The predicted molar refractivity (Wildman–Crippen MR) is 85.7 cm³/mol. The van der Waals surface area contributed by atoms with Gasteiger partial charge in [-0.1, -0.05) is 20.8 Å². The minimum atomic E-state index is -0.994. The Morgan fingerprint density at radius 3 is 2.78 bits per heavy atom. The van der Waals surface area contributed by atoms with Gasteiger partial charge in [-0.2, -0.15) is 5.10 Å². The SMILES string of the molecule is C[C@@H]1CC(C)(C)CC(C(=O)O)(n2cc(-c3ccncn3)cn2)C1. The summed E-state index contributed by atoms with van der Waals surface area (Å²) in [5.74, 6) is -0.476. The normalized spacial score (nSPS) is 26.8. The van der Waals surface area contributed by atoms with E-state index in [1.54, 1.807) is 29.3 Å². The van der Waals surface area contributed by atoms with Gasteiger partial charge in [-0.05, 0) is 36.7 Å². The highest BCUT2D eigenvalue weighted by Crippen LogP contribution is 2.47. The van der Waals surface area contributed by atoms with Gasteiger partial charge in [0.1, 0.15) is 6.33 Å². The fourth-order valence-corrected chi connectivity index (χ4v) is 4.11. The summed E-state index contributed by atoms with van der Waals surface area (Å²) in [4.78, 5) is 20.3. The average Bonchev–Trinajstić information content (AvgIpc) is 2.96. The Labute approximate surface area is 135 Å². The van der Waals surface area contributed by atoms with Crippen LogP contribution in [0.3, 0.4) is 0 Å². The maximum Gasteiger partial charge on any atom is 0.331 e. The second-order valence-corrected chi connectivity index (χ2v) is 7.46. The molecule has 0 aliphatic heterocycles. The van der Waals surface area contributed by atoms with E-state index in [0.29, 0.717) is 18.8 Å². The zero-order valence-corrected chi connectivity index (χ0v) is 13.7. The molecule has 0 aromatic carbocycles. The van der Waals surface area contributed by atoms with E-state index in [4.69, 9.17) is 0 Å². The molecule has 1 unspecified atom stereocenters. The molecule has 0 saturated heterocycles. The molecular weight excluding hydrogens is 292 g/mol. The molecule has 0 amide bonds. The number of aromatic nitrogens is 4. The van der Waals surface area contributed by atoms with Crippen molar-refractivity contribution >= 4 is 5.97 Å². The Morgan fingerprint density at radius 2 is 2.17 bits per heavy atom. The molecule has 6 heteroatoms. The lowest BCUT2D eigenvalue weighted by molar-refractivity contribution is -0.154. The van der Waals surface area contributed by atoms with Crippen molar-refractivity contribution < 1.29 is 9.90 Å². The summed E-state index contributed by atoms with van der Waals surface area (Å²) in [5, 5.41) is 14.4. The number of carbonyl (C=O) groups is 1. The average molecular weight is 314 g/mol. The van der Waals surface area contributed by atoms with Crippen LogP contribution in [0, 0.1) is 11.3 Å². The van der Waals surface area contributed by atoms with Crippen LogP contribution in [0.15, 0.2) is 31.0 Å². The van der Waals surface area contributed by atoms with Crippen molar-refractivity contribution in [1.29, 1.82) is 0 Å². The Bertz CT molecular complexity index is 710. The van der Waals surface area contributed by atoms with Crippen LogP contribution in [0.1, 0.15) is 40.0 Å². The van der Waals surface area contributed by atoms with Crippen molar-refractivity contribution in [3.63, 3.8) is 0 Å². The summed E-state index contributed by atoms with van der Waals surface area (Å²) in [5.41, 5.74) is 0.530. The molecular formula is C17H22N4O2. The van der Waals surface area contributed by atoms with E-state index in [2.05, 4.69) is 35.8 Å². The van der Waals surface area contributed by atoms with Gasteiger partial charge in [0.25, 0.3) is 0 Å². The summed E-state index contributed by atoms with van der Waals surface area (Å²) in [6.07, 6.45) is 8.82. The smallest absolute Gasteiger partial charge is 0.331 e. The summed E-state index contributed by atoms with van der Waals surface area (Å²) in [6, 6.07) is 1.79. The topological polar surface area (TPSA) is 80.9 Å². The Morgan fingerprint density at radius 1 is 1.39 bits per heavy atom. The van der Waals surface area contributed by atoms with Gasteiger partial charge in [0.2, 0.25) is 0 Å². The first-order valence-electron chi connectivity index (χ1n) is 7.87. The lowest BCUT2D eigenvalue weighted by Gasteiger charge is -2.45. The quantitative estimate of drug-likeness (QED) is 0.942. The molecule has 0 bridgehead atoms. The fraction of sp³-hybridized carbons (Fsp3) is 0.529. The Balaban J connectivity index is 2.03. The summed E-state index contributed by atoms with van der Waals surface area (Å²) < 4.78 is 1.63. The maximum atomic E-state index is 12.2. The third kappa shape index (κ3) is 2.85. The number of hydrogen-bond donors (Lipinski definition) is 1. The lowest BCUT2D eigenvalue weighted by Crippen LogP contribution is -2.50. The molecule has 2 heterocycles. The largest absolute Gasteiger partial charge is 0.479 e. The number of nitrogens with zero attached hydrogens (tertiary/aromatic N) is 4. The maximum absolute atomic E-state index is 12.2. The fourth-order valence-electron chi connectivity index (χ4n) is 4.11. The highest BCUT2D eigenvalue weighted by molar-refractivity contribution is 5.77. The second kappa shape index (κ2) is 5.44. The highest BCUT2D eigenvalue weighted by atomic mass is 16.4. The predicted octanol–water partition coefficient (Wildman–Crippen LogP) is 2.97. The van der Waals surface area contributed by atoms with Crippen LogP contribution < -0.4 is 0 Å². The van der Waals surface area contributed by atoms with Crippen LogP contribution in [0.2, 0.25) is 0 Å². The number of carboxylic acids is 1. The molecule has 1 aliphatic carbocycles. The van der Waals surface area contributed by atoms with Gasteiger partial charge in [0.05, 0.1) is 11.9 Å². The van der Waals surface area contributed by atoms with Gasteiger partial charge in [0.15, 0.2) is 5.54 Å². The molecule has 2 atom stereocenters. The van der Waals surface area contributed by atoms with E-state index < -0.39 is 11.5 Å². The van der Waals surface area contributed by atoms with Gasteiger partial charge >= 0.3 is 5.97 Å². The van der Waals surface area contributed by atoms with E-state index >= 15 is 0 Å². The van der Waals surface area contributed by atoms with E-state index in [0.717, 1.165) is 17.7 Å². The Hall–Kier alpha value is -2.24. The highest BCUT2D eigenvalue weighted by Gasteiger charge is 2.50. The van der Waals surface area contributed by atoms with Gasteiger partial charge in [-0.15, -0.1) is 0 Å². The van der Waals surface area contributed by atoms with Gasteiger partial charge in [-0.25, -0.2) is 14.8 Å².